The molecule has 0 aliphatic rings. The van der Waals surface area contributed by atoms with Gasteiger partial charge in [-0.05, 0) is 47.0 Å². The molecule has 0 unspecified atom stereocenters. The van der Waals surface area contributed by atoms with Crippen LogP contribution in [0.4, 0.5) is 11.4 Å². The molecule has 0 aliphatic heterocycles. The Morgan fingerprint density at radius 3 is 2.21 bits per heavy atom. The van der Waals surface area contributed by atoms with Gasteiger partial charge in [0.05, 0.1) is 28.3 Å². The highest BCUT2D eigenvalue weighted by atomic mass is 32.1. The van der Waals surface area contributed by atoms with Crippen LogP contribution < -0.4 is 10.5 Å². The van der Waals surface area contributed by atoms with Crippen LogP contribution in [0.15, 0.2) is 84.9 Å². The molecule has 6 nitrogen and oxygen atoms in total. The second-order valence-corrected chi connectivity index (χ2v) is 8.48. The normalized spacial score (nSPS) is 10.9. The summed E-state index contributed by atoms with van der Waals surface area (Å²) < 4.78 is 5.31. The van der Waals surface area contributed by atoms with E-state index in [-0.39, 0.29) is 5.69 Å². The monoisotopic (exact) mass is 453 g/mol. The lowest BCUT2D eigenvalue weighted by Gasteiger charge is -2.10. The molecule has 5 rings (SSSR count). The number of non-ortho nitro benzene ring substituents is 1. The standard InChI is InChI=1S/C26H19N3O3S/c1-32-20-13-9-16(10-14-20)21-15-22(17-5-3-2-4-6-17)28-26-23(21)24(27)25(33-26)18-7-11-19(12-8-18)29(30)31/h2-15H,27H2,1H3. The van der Waals surface area contributed by atoms with Gasteiger partial charge in [0, 0.05) is 23.1 Å². The van der Waals surface area contributed by atoms with Crippen molar-refractivity contribution in [1.29, 1.82) is 0 Å². The van der Waals surface area contributed by atoms with E-state index in [0.717, 1.165) is 48.8 Å². The number of ether oxygens (including phenoxy) is 1. The Labute approximate surface area is 194 Å². The van der Waals surface area contributed by atoms with Gasteiger partial charge < -0.3 is 10.5 Å². The fraction of sp³-hybridized carbons (Fsp3) is 0.0385. The molecule has 162 valence electrons. The molecular weight excluding hydrogens is 434 g/mol. The molecule has 0 saturated carbocycles. The first-order chi connectivity index (χ1) is 16.0. The lowest BCUT2D eigenvalue weighted by molar-refractivity contribution is -0.384. The molecule has 2 heterocycles. The number of hydrogen-bond acceptors (Lipinski definition) is 6. The molecule has 7 heteroatoms. The van der Waals surface area contributed by atoms with Crippen molar-refractivity contribution in [2.45, 2.75) is 0 Å². The Bertz CT molecular complexity index is 1460. The maximum atomic E-state index is 11.0. The fourth-order valence-corrected chi connectivity index (χ4v) is 4.95. The number of nitrogens with zero attached hydrogens (tertiary/aromatic N) is 2. The minimum atomic E-state index is -0.409. The van der Waals surface area contributed by atoms with Gasteiger partial charge in [-0.15, -0.1) is 11.3 Å². The van der Waals surface area contributed by atoms with Crippen LogP contribution >= 0.6 is 11.3 Å². The summed E-state index contributed by atoms with van der Waals surface area (Å²) in [5.74, 6) is 0.775. The van der Waals surface area contributed by atoms with E-state index >= 15 is 0 Å². The van der Waals surface area contributed by atoms with Crippen molar-refractivity contribution in [2.75, 3.05) is 12.8 Å². The number of fused-ring (bicyclic) bond motifs is 1. The summed E-state index contributed by atoms with van der Waals surface area (Å²) in [7, 11) is 1.64. The number of nitrogen functional groups attached to an aromatic ring is 1. The summed E-state index contributed by atoms with van der Waals surface area (Å²) in [5, 5.41) is 11.9. The number of nitro groups is 1. The predicted octanol–water partition coefficient (Wildman–Crippen LogP) is 6.80. The van der Waals surface area contributed by atoms with E-state index in [1.807, 2.05) is 54.6 Å². The van der Waals surface area contributed by atoms with Gasteiger partial charge in [0.25, 0.3) is 5.69 Å². The largest absolute Gasteiger partial charge is 0.497 e. The molecule has 2 N–H and O–H groups in total. The lowest BCUT2D eigenvalue weighted by Crippen LogP contribution is -1.92. The highest BCUT2D eigenvalue weighted by Gasteiger charge is 2.19. The highest BCUT2D eigenvalue weighted by molar-refractivity contribution is 7.22. The zero-order valence-corrected chi connectivity index (χ0v) is 18.5. The number of methoxy groups -OCH3 is 1. The van der Waals surface area contributed by atoms with E-state index in [0.29, 0.717) is 5.69 Å². The maximum Gasteiger partial charge on any atom is 0.269 e. The highest BCUT2D eigenvalue weighted by Crippen LogP contribution is 2.45. The molecule has 0 atom stereocenters. The third kappa shape index (κ3) is 3.79. The van der Waals surface area contributed by atoms with Crippen LogP contribution in [0.2, 0.25) is 0 Å². The lowest BCUT2D eigenvalue weighted by atomic mass is 9.99. The van der Waals surface area contributed by atoms with Crippen molar-refractivity contribution < 1.29 is 9.66 Å². The molecule has 0 fully saturated rings. The average Bonchev–Trinajstić information content (AvgIpc) is 3.20. The quantitative estimate of drug-likeness (QED) is 0.233. The van der Waals surface area contributed by atoms with Crippen LogP contribution in [0.25, 0.3) is 43.0 Å². The second-order valence-electron chi connectivity index (χ2n) is 7.48. The molecule has 0 bridgehead atoms. The Balaban J connectivity index is 1.74. The Hall–Kier alpha value is -4.23. The topological polar surface area (TPSA) is 91.3 Å². The molecule has 5 aromatic rings. The smallest absolute Gasteiger partial charge is 0.269 e. The number of aromatic nitrogens is 1. The third-order valence-electron chi connectivity index (χ3n) is 5.51. The van der Waals surface area contributed by atoms with E-state index in [9.17, 15) is 10.1 Å². The summed E-state index contributed by atoms with van der Waals surface area (Å²) in [5.41, 5.74) is 12.0. The molecule has 3 aromatic carbocycles. The molecule has 0 spiro atoms. The zero-order valence-electron chi connectivity index (χ0n) is 17.7. The number of nitro benzene ring substituents is 1. The number of rotatable bonds is 5. The fourth-order valence-electron chi connectivity index (χ4n) is 3.82. The Kier molecular flexibility index (Phi) is 5.24. The van der Waals surface area contributed by atoms with Crippen LogP contribution in [0.5, 0.6) is 5.75 Å². The summed E-state index contributed by atoms with van der Waals surface area (Å²) in [6, 6.07) is 26.3. The molecule has 0 aliphatic carbocycles. The van der Waals surface area contributed by atoms with Crippen LogP contribution in [-0.2, 0) is 0 Å². The molecule has 33 heavy (non-hydrogen) atoms. The van der Waals surface area contributed by atoms with E-state index in [2.05, 4.69) is 6.07 Å². The Morgan fingerprint density at radius 2 is 1.58 bits per heavy atom. The van der Waals surface area contributed by atoms with Crippen molar-refractivity contribution in [3.63, 3.8) is 0 Å². The first-order valence-electron chi connectivity index (χ1n) is 10.2. The van der Waals surface area contributed by atoms with Crippen LogP contribution in [0.1, 0.15) is 0 Å². The number of nitrogens with two attached hydrogens (primary N) is 1. The molecule has 2 aromatic heterocycles. The predicted molar refractivity (Wildman–Crippen MR) is 134 cm³/mol. The summed E-state index contributed by atoms with van der Waals surface area (Å²) in [4.78, 5) is 17.2. The van der Waals surface area contributed by atoms with Crippen LogP contribution in [0.3, 0.4) is 0 Å². The number of anilines is 1. The minimum absolute atomic E-state index is 0.0434. The van der Waals surface area contributed by atoms with Crippen molar-refractivity contribution in [1.82, 2.24) is 4.98 Å². The van der Waals surface area contributed by atoms with Crippen molar-refractivity contribution in [2.24, 2.45) is 0 Å². The van der Waals surface area contributed by atoms with Gasteiger partial charge in [0.2, 0.25) is 0 Å². The van der Waals surface area contributed by atoms with Gasteiger partial charge in [0.15, 0.2) is 0 Å². The Morgan fingerprint density at radius 1 is 0.909 bits per heavy atom. The molecular formula is C26H19N3O3S. The van der Waals surface area contributed by atoms with Gasteiger partial charge >= 0.3 is 0 Å². The first-order valence-corrected chi connectivity index (χ1v) is 11.0. The number of thiophene rings is 1. The average molecular weight is 454 g/mol. The maximum absolute atomic E-state index is 11.0. The molecule has 0 radical (unpaired) electrons. The molecule has 0 saturated heterocycles. The number of hydrogen-bond donors (Lipinski definition) is 1. The summed E-state index contributed by atoms with van der Waals surface area (Å²) in [6.45, 7) is 0. The third-order valence-corrected chi connectivity index (χ3v) is 6.66. The number of pyridine rings is 1. The minimum Gasteiger partial charge on any atom is -0.497 e. The van der Waals surface area contributed by atoms with Gasteiger partial charge in [-0.3, -0.25) is 10.1 Å². The van der Waals surface area contributed by atoms with Gasteiger partial charge in [-0.2, -0.15) is 0 Å². The van der Waals surface area contributed by atoms with Crippen molar-refractivity contribution in [3.8, 4) is 38.6 Å². The van der Waals surface area contributed by atoms with Gasteiger partial charge in [-0.25, -0.2) is 4.98 Å². The van der Waals surface area contributed by atoms with Crippen molar-refractivity contribution in [3.05, 3.63) is 95.0 Å². The SMILES string of the molecule is COc1ccc(-c2cc(-c3ccccc3)nc3sc(-c4ccc([N+](=O)[O-])cc4)c(N)c23)cc1. The van der Waals surface area contributed by atoms with E-state index in [4.69, 9.17) is 15.5 Å². The number of benzene rings is 3. The second kappa shape index (κ2) is 8.37. The van der Waals surface area contributed by atoms with E-state index < -0.39 is 4.92 Å². The first kappa shape index (κ1) is 20.7. The van der Waals surface area contributed by atoms with E-state index in [1.165, 1.54) is 23.5 Å². The van der Waals surface area contributed by atoms with Gasteiger partial charge in [-0.1, -0.05) is 42.5 Å². The van der Waals surface area contributed by atoms with Crippen LogP contribution in [-0.4, -0.2) is 17.0 Å². The van der Waals surface area contributed by atoms with E-state index in [1.54, 1.807) is 19.2 Å². The van der Waals surface area contributed by atoms with Crippen molar-refractivity contribution >= 4 is 32.9 Å². The zero-order chi connectivity index (χ0) is 22.9. The molecule has 0 amide bonds. The van der Waals surface area contributed by atoms with Gasteiger partial charge in [0.1, 0.15) is 10.6 Å². The van der Waals surface area contributed by atoms with Crippen LogP contribution in [0, 0.1) is 10.1 Å². The summed E-state index contributed by atoms with van der Waals surface area (Å²) in [6.07, 6.45) is 0. The summed E-state index contributed by atoms with van der Waals surface area (Å²) >= 11 is 1.49.